The lowest BCUT2D eigenvalue weighted by Gasteiger charge is -2.39. The van der Waals surface area contributed by atoms with Gasteiger partial charge < -0.3 is 14.0 Å². The summed E-state index contributed by atoms with van der Waals surface area (Å²) in [5.41, 5.74) is 0.0348. The minimum absolute atomic E-state index is 0.435. The van der Waals surface area contributed by atoms with Crippen LogP contribution in [0.15, 0.2) is 18.3 Å². The van der Waals surface area contributed by atoms with Gasteiger partial charge in [0.25, 0.3) is 0 Å². The zero-order chi connectivity index (χ0) is 17.0. The van der Waals surface area contributed by atoms with Gasteiger partial charge in [-0.15, -0.1) is 0 Å². The minimum Gasteiger partial charge on any atom is -0.468 e. The highest BCUT2D eigenvalue weighted by atomic mass is 16.5. The van der Waals surface area contributed by atoms with Gasteiger partial charge in [-0.3, -0.25) is 14.4 Å². The average Bonchev–Trinajstić information content (AvgIpc) is 3.01. The Kier molecular flexibility index (Phi) is 5.23. The molecule has 2 rings (SSSR count). The summed E-state index contributed by atoms with van der Waals surface area (Å²) in [5, 5.41) is 0. The van der Waals surface area contributed by atoms with Crippen LogP contribution in [0.4, 0.5) is 0 Å². The molecule has 0 unspecified atom stereocenters. The summed E-state index contributed by atoms with van der Waals surface area (Å²) in [6.07, 6.45) is 5.83. The van der Waals surface area contributed by atoms with Crippen molar-refractivity contribution in [3.8, 4) is 0 Å². The molecule has 0 bridgehead atoms. The number of ketones is 1. The normalized spacial score (nSPS) is 16.9. The second kappa shape index (κ2) is 6.98. The number of aryl methyl sites for hydroxylation is 1. The van der Waals surface area contributed by atoms with Gasteiger partial charge >= 0.3 is 11.9 Å². The summed E-state index contributed by atoms with van der Waals surface area (Å²) in [7, 11) is 2.33. The van der Waals surface area contributed by atoms with Gasteiger partial charge in [0.2, 0.25) is 5.92 Å². The smallest absolute Gasteiger partial charge is 0.327 e. The van der Waals surface area contributed by atoms with Crippen molar-refractivity contribution in [3.05, 3.63) is 24.0 Å². The van der Waals surface area contributed by atoms with Crippen molar-refractivity contribution in [1.29, 1.82) is 0 Å². The highest BCUT2D eigenvalue weighted by Crippen LogP contribution is 2.39. The first kappa shape index (κ1) is 17.2. The molecule has 0 N–H and O–H groups in total. The predicted octanol–water partition coefficient (Wildman–Crippen LogP) is 1.99. The molecular formula is C17H23NO5. The van der Waals surface area contributed by atoms with Crippen LogP contribution in [-0.2, 0) is 29.4 Å². The fourth-order valence-electron chi connectivity index (χ4n) is 3.50. The van der Waals surface area contributed by atoms with Gasteiger partial charge in [-0.05, 0) is 31.9 Å². The molecule has 126 valence electrons. The molecule has 6 heteroatoms. The fourth-order valence-corrected chi connectivity index (χ4v) is 3.50. The maximum absolute atomic E-state index is 13.2. The maximum Gasteiger partial charge on any atom is 0.327 e. The van der Waals surface area contributed by atoms with Gasteiger partial charge in [-0.1, -0.05) is 19.3 Å². The van der Waals surface area contributed by atoms with Crippen molar-refractivity contribution in [1.82, 2.24) is 4.57 Å². The topological polar surface area (TPSA) is 74.6 Å². The number of esters is 2. The number of hydrogen-bond acceptors (Lipinski definition) is 5. The average molecular weight is 321 g/mol. The largest absolute Gasteiger partial charge is 0.468 e. The first-order valence-corrected chi connectivity index (χ1v) is 7.82. The van der Waals surface area contributed by atoms with E-state index in [4.69, 9.17) is 0 Å². The molecule has 0 radical (unpaired) electrons. The lowest BCUT2D eigenvalue weighted by molar-refractivity contribution is -0.164. The highest BCUT2D eigenvalue weighted by Gasteiger charge is 2.50. The summed E-state index contributed by atoms with van der Waals surface area (Å²) >= 11 is 0. The third-order valence-electron chi connectivity index (χ3n) is 4.69. The van der Waals surface area contributed by atoms with Gasteiger partial charge in [0.05, 0.1) is 14.2 Å². The zero-order valence-corrected chi connectivity index (χ0v) is 13.8. The molecule has 6 nitrogen and oxygen atoms in total. The molecule has 1 aliphatic rings. The van der Waals surface area contributed by atoms with E-state index in [0.29, 0.717) is 12.8 Å². The van der Waals surface area contributed by atoms with Gasteiger partial charge in [-0.2, -0.15) is 0 Å². The zero-order valence-electron chi connectivity index (χ0n) is 13.8. The Morgan fingerprint density at radius 2 is 1.65 bits per heavy atom. The number of hydrogen-bond donors (Lipinski definition) is 0. The third kappa shape index (κ3) is 3.02. The fraction of sp³-hybridized carbons (Fsp3) is 0.588. The summed E-state index contributed by atoms with van der Waals surface area (Å²) in [5.74, 6) is -3.70. The van der Waals surface area contributed by atoms with E-state index in [9.17, 15) is 14.4 Å². The second-order valence-corrected chi connectivity index (χ2v) is 5.96. The minimum atomic E-state index is -1.54. The lowest BCUT2D eigenvalue weighted by Crippen LogP contribution is -2.51. The monoisotopic (exact) mass is 321 g/mol. The van der Waals surface area contributed by atoms with Gasteiger partial charge in [0.1, 0.15) is 5.54 Å². The Bertz CT molecular complexity index is 582. The Balaban J connectivity index is 2.50. The first-order chi connectivity index (χ1) is 11.0. The van der Waals surface area contributed by atoms with Crippen LogP contribution < -0.4 is 0 Å². The summed E-state index contributed by atoms with van der Waals surface area (Å²) in [4.78, 5) is 37.3. The first-order valence-electron chi connectivity index (χ1n) is 7.82. The molecule has 1 aliphatic carbocycles. The van der Waals surface area contributed by atoms with E-state index in [-0.39, 0.29) is 0 Å². The second-order valence-electron chi connectivity index (χ2n) is 5.96. The molecule has 23 heavy (non-hydrogen) atoms. The van der Waals surface area contributed by atoms with E-state index in [1.165, 1.54) is 14.2 Å². The van der Waals surface area contributed by atoms with Crippen molar-refractivity contribution in [2.24, 2.45) is 5.92 Å². The standard InChI is InChI=1S/C17H23NO5/c1-12-8-7-11-18(12)17(9-5-4-6-10-17)14(19)13(15(20)22-2)16(21)23-3/h7-8,11,13H,4-6,9-10H2,1-3H3. The molecule has 1 heterocycles. The quantitative estimate of drug-likeness (QED) is 0.612. The number of aromatic nitrogens is 1. The van der Waals surface area contributed by atoms with Crippen LogP contribution in [0.1, 0.15) is 37.8 Å². The third-order valence-corrected chi connectivity index (χ3v) is 4.69. The Labute approximate surface area is 135 Å². The van der Waals surface area contributed by atoms with E-state index in [2.05, 4.69) is 9.47 Å². The SMILES string of the molecule is COC(=O)C(C(=O)OC)C(=O)C1(n2cccc2C)CCCCC1. The molecule has 0 aliphatic heterocycles. The van der Waals surface area contributed by atoms with Crippen LogP contribution in [0.5, 0.6) is 0 Å². The summed E-state index contributed by atoms with van der Waals surface area (Å²) < 4.78 is 11.2. The Morgan fingerprint density at radius 1 is 1.09 bits per heavy atom. The molecule has 1 aromatic rings. The van der Waals surface area contributed by atoms with Crippen LogP contribution in [0.2, 0.25) is 0 Å². The predicted molar refractivity (Wildman–Crippen MR) is 82.8 cm³/mol. The van der Waals surface area contributed by atoms with Crippen LogP contribution in [0, 0.1) is 12.8 Å². The number of methoxy groups -OCH3 is 2. The lowest BCUT2D eigenvalue weighted by atomic mass is 9.74. The van der Waals surface area contributed by atoms with Crippen molar-refractivity contribution in [2.75, 3.05) is 14.2 Å². The van der Waals surface area contributed by atoms with Gasteiger partial charge in [0.15, 0.2) is 5.78 Å². The highest BCUT2D eigenvalue weighted by molar-refractivity contribution is 6.17. The van der Waals surface area contributed by atoms with Crippen LogP contribution >= 0.6 is 0 Å². The van der Waals surface area contributed by atoms with Crippen LogP contribution in [0.3, 0.4) is 0 Å². The molecule has 0 aromatic carbocycles. The number of carbonyl (C=O) groups excluding carboxylic acids is 3. The Morgan fingerprint density at radius 3 is 2.09 bits per heavy atom. The molecular weight excluding hydrogens is 298 g/mol. The summed E-state index contributed by atoms with van der Waals surface area (Å²) in [6.45, 7) is 1.91. The van der Waals surface area contributed by atoms with E-state index < -0.39 is 29.2 Å². The molecule has 1 saturated carbocycles. The molecule has 1 aromatic heterocycles. The number of nitrogens with zero attached hydrogens (tertiary/aromatic N) is 1. The molecule has 0 atom stereocenters. The molecule has 0 spiro atoms. The maximum atomic E-state index is 13.2. The van der Waals surface area contributed by atoms with E-state index in [1.54, 1.807) is 0 Å². The summed E-state index contributed by atoms with van der Waals surface area (Å²) in [6, 6.07) is 3.78. The number of rotatable bonds is 5. The molecule has 0 saturated heterocycles. The number of Topliss-reactive ketones (excluding diaryl/α,β-unsaturated/α-hetero) is 1. The Hall–Kier alpha value is -2.11. The molecule has 0 amide bonds. The molecule has 1 fully saturated rings. The van der Waals surface area contributed by atoms with Crippen molar-refractivity contribution >= 4 is 17.7 Å². The van der Waals surface area contributed by atoms with Gasteiger partial charge in [-0.25, -0.2) is 0 Å². The van der Waals surface area contributed by atoms with Crippen molar-refractivity contribution in [3.63, 3.8) is 0 Å². The van der Waals surface area contributed by atoms with Gasteiger partial charge in [0, 0.05) is 11.9 Å². The number of ether oxygens (including phenoxy) is 2. The van der Waals surface area contributed by atoms with E-state index in [1.807, 2.05) is 29.8 Å². The van der Waals surface area contributed by atoms with E-state index in [0.717, 1.165) is 25.0 Å². The van der Waals surface area contributed by atoms with Crippen LogP contribution in [0.25, 0.3) is 0 Å². The van der Waals surface area contributed by atoms with Crippen molar-refractivity contribution in [2.45, 2.75) is 44.6 Å². The number of carbonyl (C=O) groups is 3. The van der Waals surface area contributed by atoms with E-state index >= 15 is 0 Å². The van der Waals surface area contributed by atoms with Crippen LogP contribution in [-0.4, -0.2) is 36.5 Å². The van der Waals surface area contributed by atoms with Crippen molar-refractivity contribution < 1.29 is 23.9 Å².